The molecule has 0 fully saturated rings. The van der Waals surface area contributed by atoms with Crippen molar-refractivity contribution in [1.82, 2.24) is 0 Å². The summed E-state index contributed by atoms with van der Waals surface area (Å²) in [5, 5.41) is 11.3. The zero-order valence-corrected chi connectivity index (χ0v) is 9.07. The molecule has 1 aromatic carbocycles. The highest BCUT2D eigenvalue weighted by molar-refractivity contribution is 6.02. The average Bonchev–Trinajstić information content (AvgIpc) is 2.25. The summed E-state index contributed by atoms with van der Waals surface area (Å²) >= 11 is 0. The number of hydrogen-bond acceptors (Lipinski definition) is 3. The van der Waals surface area contributed by atoms with Gasteiger partial charge in [-0.3, -0.25) is 0 Å². The molecule has 0 unspecified atom stereocenters. The molecule has 0 amide bonds. The molecule has 0 aliphatic carbocycles. The van der Waals surface area contributed by atoms with E-state index in [1.165, 1.54) is 19.2 Å². The fourth-order valence-electron chi connectivity index (χ4n) is 1.43. The molecule has 0 radical (unpaired) electrons. The molecule has 0 aliphatic heterocycles. The Hall–Kier alpha value is -1.92. The van der Waals surface area contributed by atoms with Gasteiger partial charge in [0.25, 0.3) is 0 Å². The molecule has 4 nitrogen and oxygen atoms in total. The largest absolute Gasteiger partial charge is 0.409 e. The minimum absolute atomic E-state index is 0.227. The predicted octanol–water partition coefficient (Wildman–Crippen LogP) is 1.78. The van der Waals surface area contributed by atoms with E-state index in [0.717, 1.165) is 4.90 Å². The minimum Gasteiger partial charge on any atom is -0.409 e. The lowest BCUT2D eigenvalue weighted by Gasteiger charge is -2.23. The molecule has 0 atom stereocenters. The zero-order valence-electron chi connectivity index (χ0n) is 9.07. The van der Waals surface area contributed by atoms with Crippen LogP contribution in [-0.4, -0.2) is 30.8 Å². The molecule has 1 rings (SSSR count). The Morgan fingerprint density at radius 3 is 2.53 bits per heavy atom. The van der Waals surface area contributed by atoms with Crippen LogP contribution in [0.5, 0.6) is 0 Å². The van der Waals surface area contributed by atoms with Crippen LogP contribution >= 0.6 is 0 Å². The number of anilines is 1. The van der Waals surface area contributed by atoms with E-state index in [0.29, 0.717) is 0 Å². The van der Waals surface area contributed by atoms with Crippen molar-refractivity contribution in [3.8, 4) is 0 Å². The summed E-state index contributed by atoms with van der Waals surface area (Å²) in [5.41, 5.74) is 5.89. The summed E-state index contributed by atoms with van der Waals surface area (Å²) in [6.07, 6.45) is -4.31. The normalized spacial score (nSPS) is 12.6. The molecule has 0 aromatic heterocycles. The molecule has 0 aliphatic rings. The topological polar surface area (TPSA) is 61.8 Å². The second-order valence-corrected chi connectivity index (χ2v) is 3.47. The van der Waals surface area contributed by atoms with Gasteiger partial charge in [0.15, 0.2) is 5.84 Å². The third-order valence-electron chi connectivity index (χ3n) is 2.12. The first-order valence-electron chi connectivity index (χ1n) is 4.70. The van der Waals surface area contributed by atoms with Crippen molar-refractivity contribution in [2.45, 2.75) is 6.18 Å². The number of oxime groups is 1. The van der Waals surface area contributed by atoms with E-state index in [-0.39, 0.29) is 17.1 Å². The van der Waals surface area contributed by atoms with Crippen molar-refractivity contribution in [1.29, 1.82) is 0 Å². The van der Waals surface area contributed by atoms with E-state index in [4.69, 9.17) is 10.9 Å². The van der Waals surface area contributed by atoms with Crippen molar-refractivity contribution in [2.24, 2.45) is 10.9 Å². The Morgan fingerprint density at radius 1 is 1.41 bits per heavy atom. The Kier molecular flexibility index (Phi) is 3.82. The Balaban J connectivity index is 3.05. The summed E-state index contributed by atoms with van der Waals surface area (Å²) in [5.74, 6) is -0.227. The Labute approximate surface area is 96.1 Å². The lowest BCUT2D eigenvalue weighted by atomic mass is 10.1. The van der Waals surface area contributed by atoms with Gasteiger partial charge in [-0.2, -0.15) is 13.2 Å². The van der Waals surface area contributed by atoms with Gasteiger partial charge in [-0.15, -0.1) is 0 Å². The SMILES string of the molecule is CN(CC(F)(F)F)c1ccccc1/C(N)=N/O. The van der Waals surface area contributed by atoms with Gasteiger partial charge >= 0.3 is 6.18 Å². The predicted molar refractivity (Wildman–Crippen MR) is 58.3 cm³/mol. The summed E-state index contributed by atoms with van der Waals surface area (Å²) in [6, 6.07) is 6.13. The highest BCUT2D eigenvalue weighted by atomic mass is 19.4. The molecule has 0 saturated carbocycles. The maximum Gasteiger partial charge on any atom is 0.405 e. The number of halogens is 3. The molecule has 0 heterocycles. The molecule has 94 valence electrons. The van der Waals surface area contributed by atoms with E-state index in [1.807, 2.05) is 0 Å². The summed E-state index contributed by atoms with van der Waals surface area (Å²) in [7, 11) is 1.29. The molecule has 0 bridgehead atoms. The standard InChI is InChI=1S/C10H12F3N3O/c1-16(6-10(11,12)13)8-5-3-2-4-7(8)9(14)15-17/h2-5,17H,6H2,1H3,(H2,14,15). The van der Waals surface area contributed by atoms with Crippen molar-refractivity contribution < 1.29 is 18.4 Å². The van der Waals surface area contributed by atoms with Gasteiger partial charge in [0.1, 0.15) is 6.54 Å². The van der Waals surface area contributed by atoms with Gasteiger partial charge < -0.3 is 15.8 Å². The van der Waals surface area contributed by atoms with Gasteiger partial charge in [-0.1, -0.05) is 17.3 Å². The van der Waals surface area contributed by atoms with Crippen LogP contribution in [0, 0.1) is 0 Å². The highest BCUT2D eigenvalue weighted by Gasteiger charge is 2.30. The number of hydrogen-bond donors (Lipinski definition) is 2. The lowest BCUT2D eigenvalue weighted by Crippen LogP contribution is -2.32. The monoisotopic (exact) mass is 247 g/mol. The lowest BCUT2D eigenvalue weighted by molar-refractivity contribution is -0.119. The van der Waals surface area contributed by atoms with Crippen molar-refractivity contribution >= 4 is 11.5 Å². The number of para-hydroxylation sites is 1. The van der Waals surface area contributed by atoms with Gasteiger partial charge in [0.05, 0.1) is 0 Å². The zero-order chi connectivity index (χ0) is 13.1. The molecule has 1 aromatic rings. The van der Waals surface area contributed by atoms with Crippen LogP contribution in [0.3, 0.4) is 0 Å². The van der Waals surface area contributed by atoms with Crippen LogP contribution in [0.15, 0.2) is 29.4 Å². The Morgan fingerprint density at radius 2 is 2.00 bits per heavy atom. The minimum atomic E-state index is -4.31. The third-order valence-corrected chi connectivity index (χ3v) is 2.12. The van der Waals surface area contributed by atoms with E-state index in [1.54, 1.807) is 12.1 Å². The maximum absolute atomic E-state index is 12.3. The Bertz CT molecular complexity index is 418. The second kappa shape index (κ2) is 4.94. The van der Waals surface area contributed by atoms with Crippen LogP contribution in [0.1, 0.15) is 5.56 Å². The molecule has 17 heavy (non-hydrogen) atoms. The van der Waals surface area contributed by atoms with E-state index >= 15 is 0 Å². The van der Waals surface area contributed by atoms with E-state index in [2.05, 4.69) is 5.16 Å². The number of amidine groups is 1. The van der Waals surface area contributed by atoms with Crippen LogP contribution in [-0.2, 0) is 0 Å². The van der Waals surface area contributed by atoms with Crippen LogP contribution < -0.4 is 10.6 Å². The van der Waals surface area contributed by atoms with E-state index in [9.17, 15) is 13.2 Å². The number of nitrogens with zero attached hydrogens (tertiary/aromatic N) is 2. The quantitative estimate of drug-likeness (QED) is 0.370. The van der Waals surface area contributed by atoms with Crippen LogP contribution in [0.2, 0.25) is 0 Å². The molecular formula is C10H12F3N3O. The third kappa shape index (κ3) is 3.54. The number of alkyl halides is 3. The number of nitrogens with two attached hydrogens (primary N) is 1. The van der Waals surface area contributed by atoms with Crippen molar-refractivity contribution in [3.05, 3.63) is 29.8 Å². The molecule has 0 saturated heterocycles. The van der Waals surface area contributed by atoms with Crippen molar-refractivity contribution in [2.75, 3.05) is 18.5 Å². The first kappa shape index (κ1) is 13.1. The molecule has 3 N–H and O–H groups in total. The van der Waals surface area contributed by atoms with E-state index < -0.39 is 12.7 Å². The number of benzene rings is 1. The van der Waals surface area contributed by atoms with Crippen LogP contribution in [0.4, 0.5) is 18.9 Å². The highest BCUT2D eigenvalue weighted by Crippen LogP contribution is 2.23. The summed E-state index contributed by atoms with van der Waals surface area (Å²) in [6.45, 7) is -1.11. The second-order valence-electron chi connectivity index (χ2n) is 3.47. The fourth-order valence-corrected chi connectivity index (χ4v) is 1.43. The van der Waals surface area contributed by atoms with Gasteiger partial charge in [0, 0.05) is 18.3 Å². The van der Waals surface area contributed by atoms with Crippen LogP contribution in [0.25, 0.3) is 0 Å². The molecule has 0 spiro atoms. The molecular weight excluding hydrogens is 235 g/mol. The summed E-state index contributed by atoms with van der Waals surface area (Å²) < 4.78 is 36.8. The fraction of sp³-hybridized carbons (Fsp3) is 0.300. The maximum atomic E-state index is 12.3. The van der Waals surface area contributed by atoms with Gasteiger partial charge in [-0.05, 0) is 12.1 Å². The van der Waals surface area contributed by atoms with Gasteiger partial charge in [-0.25, -0.2) is 0 Å². The number of rotatable bonds is 3. The first-order chi connectivity index (χ1) is 7.85. The summed E-state index contributed by atoms with van der Waals surface area (Å²) in [4.78, 5) is 0.993. The smallest absolute Gasteiger partial charge is 0.405 e. The van der Waals surface area contributed by atoms with Crippen molar-refractivity contribution in [3.63, 3.8) is 0 Å². The van der Waals surface area contributed by atoms with Gasteiger partial charge in [0.2, 0.25) is 0 Å². The first-order valence-corrected chi connectivity index (χ1v) is 4.70. The average molecular weight is 247 g/mol. The molecule has 7 heteroatoms.